The first-order chi connectivity index (χ1) is 15.5. The van der Waals surface area contributed by atoms with E-state index >= 15 is 0 Å². The van der Waals surface area contributed by atoms with Crippen molar-refractivity contribution >= 4 is 45.2 Å². The number of halogens is 1. The monoisotopic (exact) mass is 449 g/mol. The van der Waals surface area contributed by atoms with Crippen molar-refractivity contribution in [3.8, 4) is 0 Å². The Hall–Kier alpha value is -4.25. The van der Waals surface area contributed by atoms with Gasteiger partial charge in [0.15, 0.2) is 17.3 Å². The number of H-pyrrole nitrogens is 2. The Balaban J connectivity index is 1.67. The van der Waals surface area contributed by atoms with Gasteiger partial charge in [0.05, 0.1) is 28.3 Å². The quantitative estimate of drug-likeness (QED) is 0.320. The number of nitrogens with one attached hydrogen (secondary N) is 4. The fourth-order valence-corrected chi connectivity index (χ4v) is 3.63. The molecule has 0 amide bonds. The highest BCUT2D eigenvalue weighted by Crippen LogP contribution is 2.24. The van der Waals surface area contributed by atoms with E-state index in [-0.39, 0.29) is 21.7 Å². The molecular formula is C20H16ClN9O2. The number of rotatable bonds is 5. The summed E-state index contributed by atoms with van der Waals surface area (Å²) in [5.74, 6) is 0.809. The molecule has 0 aliphatic rings. The maximum atomic E-state index is 13.4. The first kappa shape index (κ1) is 19.7. The average Bonchev–Trinajstić information content (AvgIpc) is 3.27. The van der Waals surface area contributed by atoms with Crippen LogP contribution in [0, 0.1) is 0 Å². The molecule has 1 atom stereocenters. The molecule has 1 unspecified atom stereocenters. The lowest BCUT2D eigenvalue weighted by Gasteiger charge is -2.20. The minimum absolute atomic E-state index is 0.175. The van der Waals surface area contributed by atoms with Crippen LogP contribution in [0.2, 0.25) is 5.02 Å². The molecule has 5 aromatic rings. The van der Waals surface area contributed by atoms with Crippen LogP contribution >= 0.6 is 11.6 Å². The molecule has 5 rings (SSSR count). The van der Waals surface area contributed by atoms with Gasteiger partial charge in [0, 0.05) is 6.20 Å². The number of nitrogens with zero attached hydrogens (tertiary/aromatic N) is 5. The summed E-state index contributed by atoms with van der Waals surface area (Å²) in [5, 5.41) is 3.73. The topological polar surface area (TPSA) is 146 Å². The zero-order valence-electron chi connectivity index (χ0n) is 16.6. The van der Waals surface area contributed by atoms with Crippen LogP contribution in [0.5, 0.6) is 0 Å². The van der Waals surface area contributed by atoms with Crippen LogP contribution in [0.3, 0.4) is 0 Å². The molecule has 0 fully saturated rings. The molecule has 0 saturated carbocycles. The van der Waals surface area contributed by atoms with Gasteiger partial charge in [-0.15, -0.1) is 0 Å². The second kappa shape index (κ2) is 7.78. The van der Waals surface area contributed by atoms with Gasteiger partial charge in [-0.25, -0.2) is 24.6 Å². The zero-order chi connectivity index (χ0) is 22.2. The summed E-state index contributed by atoms with van der Waals surface area (Å²) in [6.45, 7) is 1.82. The molecule has 1 aromatic carbocycles. The molecule has 0 bridgehead atoms. The molecule has 0 radical (unpaired) electrons. The molecule has 0 spiro atoms. The number of hydrogen-bond acceptors (Lipinski definition) is 8. The fourth-order valence-electron chi connectivity index (χ4n) is 3.38. The standard InChI is InChI=1S/C20H16ClN9O2/c1-10(27-17-15-16(24-8-23-15)25-9-26-17)18-28-12-5-2-4-11(21)14(12)20(32)30(18)29-13-6-3-7-22-19(13)31/h2-10,29H,1H3,(H,22,31)(H2,23,24,25,26,27). The summed E-state index contributed by atoms with van der Waals surface area (Å²) in [7, 11) is 0. The Morgan fingerprint density at radius 2 is 1.97 bits per heavy atom. The van der Waals surface area contributed by atoms with Gasteiger partial charge in [-0.2, -0.15) is 0 Å². The van der Waals surface area contributed by atoms with Crippen LogP contribution in [0.4, 0.5) is 11.5 Å². The normalized spacial score (nSPS) is 12.2. The number of anilines is 2. The van der Waals surface area contributed by atoms with Crippen molar-refractivity contribution in [3.05, 3.63) is 80.7 Å². The van der Waals surface area contributed by atoms with Gasteiger partial charge < -0.3 is 15.3 Å². The lowest BCUT2D eigenvalue weighted by atomic mass is 10.2. The van der Waals surface area contributed by atoms with E-state index in [1.165, 1.54) is 23.5 Å². The summed E-state index contributed by atoms with van der Waals surface area (Å²) >= 11 is 6.29. The molecule has 32 heavy (non-hydrogen) atoms. The smallest absolute Gasteiger partial charge is 0.281 e. The van der Waals surface area contributed by atoms with E-state index in [2.05, 4.69) is 40.6 Å². The van der Waals surface area contributed by atoms with Crippen molar-refractivity contribution in [3.63, 3.8) is 0 Å². The Labute approximate surface area is 184 Å². The van der Waals surface area contributed by atoms with Crippen molar-refractivity contribution in [1.29, 1.82) is 0 Å². The lowest BCUT2D eigenvalue weighted by molar-refractivity contribution is 0.700. The molecule has 12 heteroatoms. The third kappa shape index (κ3) is 3.34. The Bertz CT molecular complexity index is 1570. The largest absolute Gasteiger partial charge is 0.358 e. The van der Waals surface area contributed by atoms with E-state index in [9.17, 15) is 9.59 Å². The maximum Gasteiger partial charge on any atom is 0.281 e. The summed E-state index contributed by atoms with van der Waals surface area (Å²) in [6.07, 6.45) is 4.41. The van der Waals surface area contributed by atoms with E-state index in [1.807, 2.05) is 6.92 Å². The Morgan fingerprint density at radius 1 is 1.09 bits per heavy atom. The molecule has 0 aliphatic carbocycles. The van der Waals surface area contributed by atoms with Crippen LogP contribution in [0.15, 0.2) is 58.8 Å². The van der Waals surface area contributed by atoms with E-state index in [0.717, 1.165) is 0 Å². The zero-order valence-corrected chi connectivity index (χ0v) is 17.4. The molecule has 4 N–H and O–H groups in total. The van der Waals surface area contributed by atoms with Crippen LogP contribution in [0.25, 0.3) is 22.1 Å². The molecule has 160 valence electrons. The third-order valence-electron chi connectivity index (χ3n) is 4.89. The van der Waals surface area contributed by atoms with Crippen molar-refractivity contribution in [1.82, 2.24) is 34.6 Å². The number of imidazole rings is 1. The molecule has 0 aliphatic heterocycles. The minimum atomic E-state index is -0.511. The van der Waals surface area contributed by atoms with Gasteiger partial charge in [-0.3, -0.25) is 15.0 Å². The highest BCUT2D eigenvalue weighted by Gasteiger charge is 2.20. The number of aromatic nitrogens is 7. The lowest BCUT2D eigenvalue weighted by Crippen LogP contribution is -2.35. The predicted octanol–water partition coefficient (Wildman–Crippen LogP) is 2.45. The second-order valence-electron chi connectivity index (χ2n) is 6.96. The van der Waals surface area contributed by atoms with Gasteiger partial charge in [0.25, 0.3) is 11.1 Å². The van der Waals surface area contributed by atoms with Gasteiger partial charge >= 0.3 is 0 Å². The number of fused-ring (bicyclic) bond motifs is 2. The van der Waals surface area contributed by atoms with Gasteiger partial charge in [0.2, 0.25) is 0 Å². The molecule has 11 nitrogen and oxygen atoms in total. The summed E-state index contributed by atoms with van der Waals surface area (Å²) in [6, 6.07) is 7.73. The van der Waals surface area contributed by atoms with Crippen molar-refractivity contribution in [2.24, 2.45) is 0 Å². The number of benzene rings is 1. The number of pyridine rings is 1. The molecule has 0 saturated heterocycles. The average molecular weight is 450 g/mol. The summed E-state index contributed by atoms with van der Waals surface area (Å²) < 4.78 is 1.21. The Morgan fingerprint density at radius 3 is 2.81 bits per heavy atom. The minimum Gasteiger partial charge on any atom is -0.358 e. The van der Waals surface area contributed by atoms with Crippen molar-refractivity contribution < 1.29 is 0 Å². The fraction of sp³-hybridized carbons (Fsp3) is 0.100. The van der Waals surface area contributed by atoms with Gasteiger partial charge in [-0.05, 0) is 31.2 Å². The van der Waals surface area contributed by atoms with Gasteiger partial charge in [0.1, 0.15) is 17.5 Å². The summed E-state index contributed by atoms with van der Waals surface area (Å²) in [4.78, 5) is 48.3. The number of aromatic amines is 2. The van der Waals surface area contributed by atoms with E-state index in [4.69, 9.17) is 11.6 Å². The van der Waals surface area contributed by atoms with Crippen molar-refractivity contribution in [2.45, 2.75) is 13.0 Å². The van der Waals surface area contributed by atoms with E-state index < -0.39 is 11.6 Å². The Kier molecular flexibility index (Phi) is 4.79. The summed E-state index contributed by atoms with van der Waals surface area (Å²) in [5.41, 5.74) is 3.76. The first-order valence-corrected chi connectivity index (χ1v) is 9.97. The predicted molar refractivity (Wildman–Crippen MR) is 121 cm³/mol. The van der Waals surface area contributed by atoms with Crippen molar-refractivity contribution in [2.75, 3.05) is 10.7 Å². The first-order valence-electron chi connectivity index (χ1n) is 9.59. The third-order valence-corrected chi connectivity index (χ3v) is 5.20. The molecule has 4 aromatic heterocycles. The van der Waals surface area contributed by atoms with Crippen LogP contribution in [-0.4, -0.2) is 34.6 Å². The number of hydrogen-bond donors (Lipinski definition) is 4. The highest BCUT2D eigenvalue weighted by molar-refractivity contribution is 6.35. The van der Waals surface area contributed by atoms with Crippen LogP contribution in [0.1, 0.15) is 18.8 Å². The second-order valence-corrected chi connectivity index (χ2v) is 7.37. The van der Waals surface area contributed by atoms with E-state index in [1.54, 1.807) is 30.3 Å². The molecule has 4 heterocycles. The SMILES string of the molecule is CC(Nc1ncnc2nc[nH]c12)c1nc2cccc(Cl)c2c(=O)n1Nc1ccc[nH]c1=O. The molecular weight excluding hydrogens is 434 g/mol. The maximum absolute atomic E-state index is 13.4. The van der Waals surface area contributed by atoms with Crippen LogP contribution in [-0.2, 0) is 0 Å². The van der Waals surface area contributed by atoms with Gasteiger partial charge in [-0.1, -0.05) is 17.7 Å². The van der Waals surface area contributed by atoms with E-state index in [0.29, 0.717) is 28.3 Å². The van der Waals surface area contributed by atoms with Crippen LogP contribution < -0.4 is 21.9 Å². The highest BCUT2D eigenvalue weighted by atomic mass is 35.5.